The maximum atomic E-state index is 12.9. The molecule has 1 N–H and O–H groups in total. The summed E-state index contributed by atoms with van der Waals surface area (Å²) in [5, 5.41) is 21.6. The van der Waals surface area contributed by atoms with Crippen LogP contribution >= 0.6 is 11.8 Å². The van der Waals surface area contributed by atoms with Gasteiger partial charge in [-0.1, -0.05) is 60.7 Å². The fourth-order valence-corrected chi connectivity index (χ4v) is 4.87. The minimum atomic E-state index is -1.40. The minimum Gasteiger partial charge on any atom is -0.366 e. The Morgan fingerprint density at radius 1 is 1.12 bits per heavy atom. The van der Waals surface area contributed by atoms with E-state index < -0.39 is 5.72 Å². The lowest BCUT2D eigenvalue weighted by Crippen LogP contribution is -2.48. The number of aliphatic hydroxyl groups is 1. The third-order valence-electron chi connectivity index (χ3n) is 4.75. The molecule has 1 saturated heterocycles. The normalized spacial score (nSPS) is 25.7. The molecule has 1 amide bonds. The van der Waals surface area contributed by atoms with E-state index in [1.165, 1.54) is 16.7 Å². The van der Waals surface area contributed by atoms with Gasteiger partial charge < -0.3 is 5.11 Å². The molecule has 1 fully saturated rings. The van der Waals surface area contributed by atoms with Crippen LogP contribution in [0.4, 0.5) is 0 Å². The Hall–Kier alpha value is -2.55. The number of rotatable bonds is 2. The van der Waals surface area contributed by atoms with Gasteiger partial charge in [0.1, 0.15) is 0 Å². The molecule has 0 bridgehead atoms. The van der Waals surface area contributed by atoms with Gasteiger partial charge in [0.05, 0.1) is 22.4 Å². The third-order valence-corrected chi connectivity index (χ3v) is 5.97. The number of hydrogen-bond donors (Lipinski definition) is 1. The molecule has 2 aliphatic heterocycles. The van der Waals surface area contributed by atoms with Gasteiger partial charge in [-0.25, -0.2) is 0 Å². The summed E-state index contributed by atoms with van der Waals surface area (Å²) in [6.07, 6.45) is 0.187. The molecular formula is C20H16N2O2S. The maximum absolute atomic E-state index is 12.9. The number of benzene rings is 2. The SMILES string of the molecule is N#CC1=C2SC[C@](O)(c3ccccc3)N2C(=O)C[C@@H]1c1ccccc1. The lowest BCUT2D eigenvalue weighted by atomic mass is 9.85. The van der Waals surface area contributed by atoms with Crippen LogP contribution in [0.2, 0.25) is 0 Å². The summed E-state index contributed by atoms with van der Waals surface area (Å²) < 4.78 is 0. The smallest absolute Gasteiger partial charge is 0.231 e. The van der Waals surface area contributed by atoms with E-state index in [1.807, 2.05) is 60.7 Å². The molecule has 2 aliphatic rings. The first-order chi connectivity index (χ1) is 12.1. The molecule has 2 atom stereocenters. The average molecular weight is 348 g/mol. The fraction of sp³-hybridized carbons (Fsp3) is 0.200. The van der Waals surface area contributed by atoms with Crippen LogP contribution in [-0.4, -0.2) is 21.7 Å². The van der Waals surface area contributed by atoms with E-state index >= 15 is 0 Å². The summed E-state index contributed by atoms with van der Waals surface area (Å²) in [5.41, 5.74) is 0.779. The van der Waals surface area contributed by atoms with Crippen molar-refractivity contribution in [1.82, 2.24) is 4.90 Å². The van der Waals surface area contributed by atoms with E-state index in [-0.39, 0.29) is 18.2 Å². The maximum Gasteiger partial charge on any atom is 0.231 e. The predicted molar refractivity (Wildman–Crippen MR) is 96.1 cm³/mol. The van der Waals surface area contributed by atoms with Crippen molar-refractivity contribution in [3.05, 3.63) is 82.4 Å². The highest BCUT2D eigenvalue weighted by Crippen LogP contribution is 2.51. The topological polar surface area (TPSA) is 64.3 Å². The molecule has 0 saturated carbocycles. The molecule has 0 aliphatic carbocycles. The van der Waals surface area contributed by atoms with Crippen LogP contribution in [0.1, 0.15) is 23.5 Å². The second kappa shape index (κ2) is 6.07. The van der Waals surface area contributed by atoms with Crippen molar-refractivity contribution in [3.8, 4) is 6.07 Å². The van der Waals surface area contributed by atoms with Crippen LogP contribution in [0.25, 0.3) is 0 Å². The number of allylic oxidation sites excluding steroid dienone is 1. The van der Waals surface area contributed by atoms with Crippen LogP contribution in [0.3, 0.4) is 0 Å². The van der Waals surface area contributed by atoms with Crippen LogP contribution < -0.4 is 0 Å². The van der Waals surface area contributed by atoms with Gasteiger partial charge in [-0.3, -0.25) is 9.69 Å². The van der Waals surface area contributed by atoms with Gasteiger partial charge in [-0.2, -0.15) is 5.26 Å². The predicted octanol–water partition coefficient (Wildman–Crippen LogP) is 3.33. The molecule has 5 heteroatoms. The van der Waals surface area contributed by atoms with Gasteiger partial charge >= 0.3 is 0 Å². The number of nitriles is 1. The molecule has 4 nitrogen and oxygen atoms in total. The number of fused-ring (bicyclic) bond motifs is 1. The Kier molecular flexibility index (Phi) is 3.87. The van der Waals surface area contributed by atoms with Crippen molar-refractivity contribution in [1.29, 1.82) is 5.26 Å². The van der Waals surface area contributed by atoms with Gasteiger partial charge in [0.2, 0.25) is 5.91 Å². The summed E-state index contributed by atoms with van der Waals surface area (Å²) in [5.74, 6) is -0.0834. The summed E-state index contributed by atoms with van der Waals surface area (Å²) >= 11 is 1.38. The van der Waals surface area contributed by atoms with Crippen LogP contribution in [0.15, 0.2) is 71.3 Å². The molecular weight excluding hydrogens is 332 g/mol. The van der Waals surface area contributed by atoms with Crippen molar-refractivity contribution in [2.75, 3.05) is 5.75 Å². The van der Waals surface area contributed by atoms with Crippen molar-refractivity contribution >= 4 is 17.7 Å². The lowest BCUT2D eigenvalue weighted by molar-refractivity contribution is -0.149. The Labute approximate surface area is 150 Å². The van der Waals surface area contributed by atoms with E-state index in [4.69, 9.17) is 0 Å². The van der Waals surface area contributed by atoms with Crippen molar-refractivity contribution in [2.45, 2.75) is 18.1 Å². The second-order valence-electron chi connectivity index (χ2n) is 6.20. The van der Waals surface area contributed by atoms with Crippen molar-refractivity contribution < 1.29 is 9.90 Å². The lowest BCUT2D eigenvalue weighted by Gasteiger charge is -2.38. The molecule has 2 heterocycles. The molecule has 25 heavy (non-hydrogen) atoms. The highest BCUT2D eigenvalue weighted by Gasteiger charge is 2.51. The average Bonchev–Trinajstić information content (AvgIpc) is 3.02. The van der Waals surface area contributed by atoms with E-state index in [0.29, 0.717) is 21.9 Å². The highest BCUT2D eigenvalue weighted by molar-refractivity contribution is 8.03. The zero-order valence-electron chi connectivity index (χ0n) is 13.4. The van der Waals surface area contributed by atoms with Gasteiger partial charge in [0.25, 0.3) is 0 Å². The first-order valence-electron chi connectivity index (χ1n) is 8.08. The van der Waals surface area contributed by atoms with E-state index in [9.17, 15) is 15.2 Å². The van der Waals surface area contributed by atoms with E-state index in [0.717, 1.165) is 5.56 Å². The Morgan fingerprint density at radius 3 is 2.40 bits per heavy atom. The highest BCUT2D eigenvalue weighted by atomic mass is 32.2. The van der Waals surface area contributed by atoms with Gasteiger partial charge in [0.15, 0.2) is 5.72 Å². The van der Waals surface area contributed by atoms with Crippen LogP contribution in [0, 0.1) is 11.3 Å². The zero-order valence-corrected chi connectivity index (χ0v) is 14.2. The molecule has 2 aromatic carbocycles. The van der Waals surface area contributed by atoms with Gasteiger partial charge in [-0.15, -0.1) is 11.8 Å². The molecule has 0 aromatic heterocycles. The Balaban J connectivity index is 1.83. The van der Waals surface area contributed by atoms with Crippen LogP contribution in [-0.2, 0) is 10.5 Å². The first-order valence-corrected chi connectivity index (χ1v) is 9.06. The summed E-state index contributed by atoms with van der Waals surface area (Å²) in [4.78, 5) is 14.3. The van der Waals surface area contributed by atoms with Crippen molar-refractivity contribution in [3.63, 3.8) is 0 Å². The Morgan fingerprint density at radius 2 is 1.76 bits per heavy atom. The number of nitrogens with zero attached hydrogens (tertiary/aromatic N) is 2. The Bertz CT molecular complexity index is 889. The number of carbonyl (C=O) groups is 1. The molecule has 4 rings (SSSR count). The quantitative estimate of drug-likeness (QED) is 0.904. The minimum absolute atomic E-state index is 0.154. The monoisotopic (exact) mass is 348 g/mol. The molecule has 2 aromatic rings. The number of hydrogen-bond acceptors (Lipinski definition) is 4. The van der Waals surface area contributed by atoms with Gasteiger partial charge in [0, 0.05) is 17.9 Å². The van der Waals surface area contributed by atoms with Gasteiger partial charge in [-0.05, 0) is 5.56 Å². The van der Waals surface area contributed by atoms with E-state index in [2.05, 4.69) is 6.07 Å². The zero-order chi connectivity index (χ0) is 17.4. The standard InChI is InChI=1S/C20H16N2O2S/c21-12-17-16(14-7-3-1-4-8-14)11-18(23)22-19(17)25-13-20(22,24)15-9-5-2-6-10-15/h1-10,16,24H,11,13H2/t16-,20+/m1/s1. The molecule has 0 unspecified atom stereocenters. The third kappa shape index (κ3) is 2.46. The summed E-state index contributed by atoms with van der Waals surface area (Å²) in [6, 6.07) is 21.1. The largest absolute Gasteiger partial charge is 0.366 e. The second-order valence-corrected chi connectivity index (χ2v) is 7.16. The number of thioether (sulfide) groups is 1. The molecule has 0 radical (unpaired) electrons. The number of carbonyl (C=O) groups excluding carboxylic acids is 1. The van der Waals surface area contributed by atoms with Crippen molar-refractivity contribution in [2.24, 2.45) is 0 Å². The summed E-state index contributed by atoms with van der Waals surface area (Å²) in [7, 11) is 0. The molecule has 124 valence electrons. The molecule has 0 spiro atoms. The van der Waals surface area contributed by atoms with E-state index in [1.54, 1.807) is 0 Å². The van der Waals surface area contributed by atoms with Crippen LogP contribution in [0.5, 0.6) is 0 Å². The number of amides is 1. The summed E-state index contributed by atoms with van der Waals surface area (Å²) in [6.45, 7) is 0. The first kappa shape index (κ1) is 15.9. The fourth-order valence-electron chi connectivity index (χ4n) is 3.51.